The topological polar surface area (TPSA) is 228 Å². The van der Waals surface area contributed by atoms with E-state index in [2.05, 4.69) is 55.6 Å². The average molecular weight is 968 g/mol. The van der Waals surface area contributed by atoms with Gasteiger partial charge in [0.2, 0.25) is 5.91 Å². The molecule has 396 valence electrons. The van der Waals surface area contributed by atoms with Crippen molar-refractivity contribution in [2.24, 2.45) is 0 Å². The molecule has 2 heterocycles. The molecular formula is C54H97NO13. The van der Waals surface area contributed by atoms with Crippen molar-refractivity contribution in [2.45, 2.75) is 267 Å². The van der Waals surface area contributed by atoms with E-state index < -0.39 is 86.8 Å². The monoisotopic (exact) mass is 968 g/mol. The van der Waals surface area contributed by atoms with E-state index in [0.29, 0.717) is 12.8 Å². The van der Waals surface area contributed by atoms with Gasteiger partial charge >= 0.3 is 0 Å². The number of amides is 1. The van der Waals surface area contributed by atoms with Gasteiger partial charge in [-0.1, -0.05) is 165 Å². The van der Waals surface area contributed by atoms with Gasteiger partial charge in [-0.25, -0.2) is 0 Å². The summed E-state index contributed by atoms with van der Waals surface area (Å²) in [6.45, 7) is 2.74. The number of ether oxygens (including phenoxy) is 4. The lowest BCUT2D eigenvalue weighted by atomic mass is 9.97. The summed E-state index contributed by atoms with van der Waals surface area (Å²) in [6, 6.07) is -0.939. The zero-order valence-corrected chi connectivity index (χ0v) is 42.1. The van der Waals surface area contributed by atoms with Crippen LogP contribution in [0.25, 0.3) is 0 Å². The highest BCUT2D eigenvalue weighted by Gasteiger charge is 2.51. The first-order chi connectivity index (χ1) is 33.1. The maximum atomic E-state index is 13.2. The van der Waals surface area contributed by atoms with Crippen LogP contribution >= 0.6 is 0 Å². The molecule has 0 saturated carbocycles. The number of unbranched alkanes of at least 4 members (excludes halogenated alkanes) is 22. The third kappa shape index (κ3) is 27.0. The van der Waals surface area contributed by atoms with Crippen molar-refractivity contribution in [3.05, 3.63) is 48.6 Å². The Kier molecular flexibility index (Phi) is 37.0. The zero-order chi connectivity index (χ0) is 49.6. The van der Waals surface area contributed by atoms with Crippen molar-refractivity contribution < 1.29 is 64.6 Å². The number of rotatable bonds is 41. The second-order valence-electron chi connectivity index (χ2n) is 19.0. The SMILES string of the molecule is CCCCCCCC/C=C/CC/C=C/CC/C=C/C(O)C(COC1OC(CO)C(OC2OC(CO)C(O)C(O)C2O)C(O)C1O)NC(=O)CCCCCCCCC/C=C\CCCCCCCCC. The molecule has 0 radical (unpaired) electrons. The first-order valence-corrected chi connectivity index (χ1v) is 26.9. The number of hydrogen-bond donors (Lipinski definition) is 9. The summed E-state index contributed by atoms with van der Waals surface area (Å²) in [4.78, 5) is 13.2. The molecule has 2 fully saturated rings. The van der Waals surface area contributed by atoms with Crippen LogP contribution in [-0.4, -0.2) is 140 Å². The van der Waals surface area contributed by atoms with E-state index in [0.717, 1.165) is 51.4 Å². The highest BCUT2D eigenvalue weighted by atomic mass is 16.7. The minimum absolute atomic E-state index is 0.260. The Hall–Kier alpha value is -2.05. The van der Waals surface area contributed by atoms with Crippen LogP contribution < -0.4 is 5.32 Å². The van der Waals surface area contributed by atoms with Crippen LogP contribution in [-0.2, 0) is 23.7 Å². The standard InChI is InChI=1S/C54H97NO13/c1-3-5-7-9-11-13-15-17-19-21-22-24-26-28-30-32-34-36-38-46(59)55-42(43(58)37-35-33-31-29-27-25-23-20-18-16-14-12-10-8-6-4-2)41-65-53-51(64)49(62)52(45(40-57)67-53)68-54-50(63)48(61)47(60)44(39-56)66-54/h18-21,27,29,35,37,42-45,47-54,56-58,60-64H,3-17,22-26,28,30-34,36,38-41H2,1-2H3,(H,55,59)/b20-18+,21-19-,29-27+,37-35+. The highest BCUT2D eigenvalue weighted by molar-refractivity contribution is 5.76. The maximum Gasteiger partial charge on any atom is 0.220 e. The van der Waals surface area contributed by atoms with Crippen LogP contribution in [0, 0.1) is 0 Å². The zero-order valence-electron chi connectivity index (χ0n) is 42.1. The molecule has 2 rings (SSSR count). The average Bonchev–Trinajstić information content (AvgIpc) is 3.34. The van der Waals surface area contributed by atoms with Crippen LogP contribution in [0.5, 0.6) is 0 Å². The van der Waals surface area contributed by atoms with Gasteiger partial charge in [0.15, 0.2) is 12.6 Å². The smallest absolute Gasteiger partial charge is 0.220 e. The Morgan fingerprint density at radius 1 is 0.515 bits per heavy atom. The Balaban J connectivity index is 1.85. The minimum Gasteiger partial charge on any atom is -0.394 e. The largest absolute Gasteiger partial charge is 0.394 e. The molecule has 68 heavy (non-hydrogen) atoms. The van der Waals surface area contributed by atoms with E-state index in [4.69, 9.17) is 18.9 Å². The molecule has 12 atom stereocenters. The second kappa shape index (κ2) is 40.5. The van der Waals surface area contributed by atoms with E-state index in [1.807, 2.05) is 6.08 Å². The van der Waals surface area contributed by atoms with Crippen molar-refractivity contribution in [2.75, 3.05) is 19.8 Å². The quantitative estimate of drug-likeness (QED) is 0.0212. The van der Waals surface area contributed by atoms with Gasteiger partial charge in [-0.05, 0) is 70.6 Å². The van der Waals surface area contributed by atoms with E-state index in [9.17, 15) is 45.6 Å². The van der Waals surface area contributed by atoms with Crippen molar-refractivity contribution in [3.63, 3.8) is 0 Å². The Labute approximate surface area is 410 Å². The molecule has 2 aliphatic rings. The third-order valence-electron chi connectivity index (χ3n) is 13.0. The van der Waals surface area contributed by atoms with Gasteiger partial charge < -0.3 is 65.1 Å². The number of nitrogens with one attached hydrogen (secondary N) is 1. The fraction of sp³-hybridized carbons (Fsp3) is 0.833. The Bertz CT molecular complexity index is 1330. The predicted molar refractivity (Wildman–Crippen MR) is 267 cm³/mol. The lowest BCUT2D eigenvalue weighted by Gasteiger charge is -2.46. The van der Waals surface area contributed by atoms with E-state index in [1.165, 1.54) is 109 Å². The van der Waals surface area contributed by atoms with Gasteiger partial charge in [0.1, 0.15) is 48.8 Å². The summed E-state index contributed by atoms with van der Waals surface area (Å²) in [6.07, 6.45) is 31.4. The number of hydrogen-bond acceptors (Lipinski definition) is 13. The predicted octanol–water partition coefficient (Wildman–Crippen LogP) is 7.66. The molecule has 0 aromatic carbocycles. The Morgan fingerprint density at radius 3 is 1.44 bits per heavy atom. The Morgan fingerprint density at radius 2 is 0.941 bits per heavy atom. The van der Waals surface area contributed by atoms with Crippen LogP contribution in [0.2, 0.25) is 0 Å². The van der Waals surface area contributed by atoms with Gasteiger partial charge in [0.05, 0.1) is 32.0 Å². The third-order valence-corrected chi connectivity index (χ3v) is 13.0. The molecule has 0 aromatic rings. The van der Waals surface area contributed by atoms with Crippen LogP contribution in [0.3, 0.4) is 0 Å². The molecule has 2 aliphatic heterocycles. The molecule has 0 aliphatic carbocycles. The lowest BCUT2D eigenvalue weighted by molar-refractivity contribution is -0.359. The lowest BCUT2D eigenvalue weighted by Crippen LogP contribution is -2.65. The summed E-state index contributed by atoms with van der Waals surface area (Å²) in [5.74, 6) is -0.260. The van der Waals surface area contributed by atoms with E-state index in [1.54, 1.807) is 6.08 Å². The summed E-state index contributed by atoms with van der Waals surface area (Å²) < 4.78 is 22.7. The molecule has 1 amide bonds. The van der Waals surface area contributed by atoms with Crippen LogP contribution in [0.15, 0.2) is 48.6 Å². The summed E-state index contributed by atoms with van der Waals surface area (Å²) in [7, 11) is 0. The van der Waals surface area contributed by atoms with Gasteiger partial charge in [0.25, 0.3) is 0 Å². The van der Waals surface area contributed by atoms with Crippen LogP contribution in [0.4, 0.5) is 0 Å². The molecule has 0 bridgehead atoms. The first-order valence-electron chi connectivity index (χ1n) is 26.9. The first kappa shape index (κ1) is 62.1. The van der Waals surface area contributed by atoms with E-state index in [-0.39, 0.29) is 18.9 Å². The number of carbonyl (C=O) groups is 1. The number of aliphatic hydroxyl groups excluding tert-OH is 8. The van der Waals surface area contributed by atoms with Gasteiger partial charge in [-0.15, -0.1) is 0 Å². The van der Waals surface area contributed by atoms with Crippen molar-refractivity contribution in [1.82, 2.24) is 5.32 Å². The van der Waals surface area contributed by atoms with Crippen molar-refractivity contribution in [1.29, 1.82) is 0 Å². The molecule has 9 N–H and O–H groups in total. The minimum atomic E-state index is -1.79. The van der Waals surface area contributed by atoms with Crippen molar-refractivity contribution in [3.8, 4) is 0 Å². The maximum absolute atomic E-state index is 13.2. The fourth-order valence-corrected chi connectivity index (χ4v) is 8.55. The second-order valence-corrected chi connectivity index (χ2v) is 19.0. The molecule has 2 saturated heterocycles. The van der Waals surface area contributed by atoms with Gasteiger partial charge in [-0.2, -0.15) is 0 Å². The molecular weight excluding hydrogens is 871 g/mol. The van der Waals surface area contributed by atoms with E-state index >= 15 is 0 Å². The van der Waals surface area contributed by atoms with Gasteiger partial charge in [-0.3, -0.25) is 4.79 Å². The number of allylic oxidation sites excluding steroid dienone is 7. The summed E-state index contributed by atoms with van der Waals surface area (Å²) in [5.41, 5.74) is 0. The van der Waals surface area contributed by atoms with Crippen LogP contribution in [0.1, 0.15) is 194 Å². The molecule has 0 aromatic heterocycles. The number of aliphatic hydroxyl groups is 8. The molecule has 14 nitrogen and oxygen atoms in total. The molecule has 0 spiro atoms. The van der Waals surface area contributed by atoms with Crippen molar-refractivity contribution >= 4 is 5.91 Å². The summed E-state index contributed by atoms with van der Waals surface area (Å²) >= 11 is 0. The summed E-state index contributed by atoms with van der Waals surface area (Å²) in [5, 5.41) is 86.8. The fourth-order valence-electron chi connectivity index (χ4n) is 8.55. The number of carbonyl (C=O) groups excluding carboxylic acids is 1. The molecule has 12 unspecified atom stereocenters. The molecule has 14 heteroatoms. The highest BCUT2D eigenvalue weighted by Crippen LogP contribution is 2.30. The van der Waals surface area contributed by atoms with Gasteiger partial charge in [0, 0.05) is 6.42 Å². The normalized spacial score (nSPS) is 26.7.